The maximum Gasteiger partial charge on any atom is 0.314 e. The second kappa shape index (κ2) is 7.14. The Morgan fingerprint density at radius 3 is 2.29 bits per heavy atom. The van der Waals surface area contributed by atoms with Crippen molar-refractivity contribution in [3.8, 4) is 0 Å². The second-order valence-corrected chi connectivity index (χ2v) is 6.83. The van der Waals surface area contributed by atoms with Crippen molar-refractivity contribution in [2.45, 2.75) is 58.3 Å². The average molecular weight is 296 g/mol. The van der Waals surface area contributed by atoms with Crippen molar-refractivity contribution in [1.82, 2.24) is 10.6 Å². The number of carbonyl (C=O) groups excluding carboxylic acids is 1. The molecule has 0 spiro atoms. The van der Waals surface area contributed by atoms with Gasteiger partial charge in [0.15, 0.2) is 0 Å². The molecule has 0 atom stereocenters. The van der Waals surface area contributed by atoms with E-state index in [0.29, 0.717) is 17.9 Å². The standard InChI is InChI=1S/C16H28N2O3/c1-2-16(8-3-9-16)11-18-15(21)17-10-12-4-6-13(7-5-12)14(19)20/h12-13H,2-11H2,1H3,(H,19,20)(H2,17,18,21). The number of aliphatic carboxylic acids is 1. The molecular formula is C16H28N2O3. The maximum atomic E-state index is 11.8. The molecule has 0 aromatic heterocycles. The van der Waals surface area contributed by atoms with Crippen LogP contribution >= 0.6 is 0 Å². The molecular weight excluding hydrogens is 268 g/mol. The van der Waals surface area contributed by atoms with Crippen LogP contribution in [-0.2, 0) is 4.79 Å². The molecule has 0 aliphatic heterocycles. The third-order valence-corrected chi connectivity index (χ3v) is 5.54. The number of amides is 2. The highest BCUT2D eigenvalue weighted by molar-refractivity contribution is 5.73. The molecule has 3 N–H and O–H groups in total. The number of carbonyl (C=O) groups is 2. The van der Waals surface area contributed by atoms with Gasteiger partial charge in [-0.05, 0) is 56.3 Å². The summed E-state index contributed by atoms with van der Waals surface area (Å²) < 4.78 is 0. The highest BCUT2D eigenvalue weighted by atomic mass is 16.4. The molecule has 2 amide bonds. The van der Waals surface area contributed by atoms with Crippen LogP contribution in [-0.4, -0.2) is 30.2 Å². The van der Waals surface area contributed by atoms with Gasteiger partial charge in [0.2, 0.25) is 0 Å². The van der Waals surface area contributed by atoms with Crippen molar-refractivity contribution >= 4 is 12.0 Å². The molecule has 5 heteroatoms. The molecule has 2 aliphatic carbocycles. The van der Waals surface area contributed by atoms with Crippen molar-refractivity contribution in [3.63, 3.8) is 0 Å². The van der Waals surface area contributed by atoms with Gasteiger partial charge >= 0.3 is 12.0 Å². The first kappa shape index (κ1) is 16.1. The third kappa shape index (κ3) is 4.35. The number of hydrogen-bond donors (Lipinski definition) is 3. The van der Waals surface area contributed by atoms with Crippen LogP contribution < -0.4 is 10.6 Å². The minimum absolute atomic E-state index is 0.0740. The largest absolute Gasteiger partial charge is 0.481 e. The molecule has 120 valence electrons. The zero-order valence-electron chi connectivity index (χ0n) is 13.0. The number of carboxylic acid groups (broad SMARTS) is 1. The molecule has 2 aliphatic rings. The molecule has 0 saturated heterocycles. The van der Waals surface area contributed by atoms with Crippen molar-refractivity contribution < 1.29 is 14.7 Å². The minimum Gasteiger partial charge on any atom is -0.481 e. The van der Waals surface area contributed by atoms with Crippen LogP contribution in [0.25, 0.3) is 0 Å². The smallest absolute Gasteiger partial charge is 0.314 e. The molecule has 5 nitrogen and oxygen atoms in total. The fraction of sp³-hybridized carbons (Fsp3) is 0.875. The quantitative estimate of drug-likeness (QED) is 0.705. The Balaban J connectivity index is 1.60. The number of hydrogen-bond acceptors (Lipinski definition) is 2. The minimum atomic E-state index is -0.676. The third-order valence-electron chi connectivity index (χ3n) is 5.54. The van der Waals surface area contributed by atoms with Crippen LogP contribution in [0.4, 0.5) is 4.79 Å². The summed E-state index contributed by atoms with van der Waals surface area (Å²) >= 11 is 0. The summed E-state index contributed by atoms with van der Waals surface area (Å²) in [5, 5.41) is 14.9. The van der Waals surface area contributed by atoms with Crippen LogP contribution in [0.2, 0.25) is 0 Å². The van der Waals surface area contributed by atoms with Crippen molar-refractivity contribution in [1.29, 1.82) is 0 Å². The van der Waals surface area contributed by atoms with E-state index in [1.165, 1.54) is 19.3 Å². The van der Waals surface area contributed by atoms with Crippen molar-refractivity contribution in [3.05, 3.63) is 0 Å². The summed E-state index contributed by atoms with van der Waals surface area (Å²) in [6.45, 7) is 3.64. The lowest BCUT2D eigenvalue weighted by atomic mass is 9.67. The summed E-state index contributed by atoms with van der Waals surface area (Å²) in [6.07, 6.45) is 8.14. The van der Waals surface area contributed by atoms with E-state index in [9.17, 15) is 9.59 Å². The summed E-state index contributed by atoms with van der Waals surface area (Å²) in [5.41, 5.74) is 0.344. The van der Waals surface area contributed by atoms with Gasteiger partial charge in [-0.25, -0.2) is 4.79 Å². The average Bonchev–Trinajstić information content (AvgIpc) is 2.45. The lowest BCUT2D eigenvalue weighted by molar-refractivity contribution is -0.143. The molecule has 21 heavy (non-hydrogen) atoms. The van der Waals surface area contributed by atoms with Gasteiger partial charge in [-0.1, -0.05) is 13.3 Å². The fourth-order valence-electron chi connectivity index (χ4n) is 3.51. The highest BCUT2D eigenvalue weighted by Crippen LogP contribution is 2.42. The first-order chi connectivity index (χ1) is 10.0. The molecule has 2 fully saturated rings. The predicted molar refractivity (Wildman–Crippen MR) is 81.1 cm³/mol. The number of nitrogens with one attached hydrogen (secondary N) is 2. The van der Waals surface area contributed by atoms with E-state index in [1.807, 2.05) is 0 Å². The van der Waals surface area contributed by atoms with E-state index in [4.69, 9.17) is 5.11 Å². The Labute approximate surface area is 126 Å². The monoisotopic (exact) mass is 296 g/mol. The fourth-order valence-corrected chi connectivity index (χ4v) is 3.51. The lowest BCUT2D eigenvalue weighted by Gasteiger charge is -2.41. The molecule has 2 saturated carbocycles. The topological polar surface area (TPSA) is 78.4 Å². The van der Waals surface area contributed by atoms with Gasteiger partial charge in [0, 0.05) is 13.1 Å². The number of carboxylic acids is 1. The lowest BCUT2D eigenvalue weighted by Crippen LogP contribution is -2.46. The zero-order chi connectivity index (χ0) is 15.3. The first-order valence-electron chi connectivity index (χ1n) is 8.29. The molecule has 0 aromatic carbocycles. The molecule has 2 rings (SSSR count). The molecule has 0 heterocycles. The van der Waals surface area contributed by atoms with E-state index < -0.39 is 5.97 Å². The van der Waals surface area contributed by atoms with E-state index in [0.717, 1.165) is 38.6 Å². The SMILES string of the molecule is CCC1(CNC(=O)NCC2CCC(C(=O)O)CC2)CCC1. The van der Waals surface area contributed by atoms with E-state index in [-0.39, 0.29) is 11.9 Å². The van der Waals surface area contributed by atoms with Gasteiger partial charge in [0.25, 0.3) is 0 Å². The zero-order valence-corrected chi connectivity index (χ0v) is 13.0. The normalized spacial score (nSPS) is 27.5. The molecule has 0 bridgehead atoms. The Morgan fingerprint density at radius 2 is 1.81 bits per heavy atom. The Hall–Kier alpha value is -1.26. The van der Waals surface area contributed by atoms with E-state index in [2.05, 4.69) is 17.6 Å². The van der Waals surface area contributed by atoms with Gasteiger partial charge < -0.3 is 15.7 Å². The van der Waals surface area contributed by atoms with E-state index >= 15 is 0 Å². The molecule has 0 aromatic rings. The Morgan fingerprint density at radius 1 is 1.14 bits per heavy atom. The van der Waals surface area contributed by atoms with Gasteiger partial charge in [-0.2, -0.15) is 0 Å². The first-order valence-corrected chi connectivity index (χ1v) is 8.29. The van der Waals surface area contributed by atoms with Gasteiger partial charge in [0.05, 0.1) is 5.92 Å². The van der Waals surface area contributed by atoms with Crippen LogP contribution in [0, 0.1) is 17.3 Å². The van der Waals surface area contributed by atoms with Crippen LogP contribution in [0.1, 0.15) is 58.3 Å². The highest BCUT2D eigenvalue weighted by Gasteiger charge is 2.35. The van der Waals surface area contributed by atoms with Crippen LogP contribution in [0.15, 0.2) is 0 Å². The van der Waals surface area contributed by atoms with Gasteiger partial charge in [-0.3, -0.25) is 4.79 Å². The van der Waals surface area contributed by atoms with Gasteiger partial charge in [-0.15, -0.1) is 0 Å². The second-order valence-electron chi connectivity index (χ2n) is 6.83. The van der Waals surface area contributed by atoms with E-state index in [1.54, 1.807) is 0 Å². The Bertz CT molecular complexity index is 366. The number of rotatable bonds is 6. The van der Waals surface area contributed by atoms with Crippen LogP contribution in [0.3, 0.4) is 0 Å². The van der Waals surface area contributed by atoms with Gasteiger partial charge in [0.1, 0.15) is 0 Å². The summed E-state index contributed by atoms with van der Waals surface area (Å²) in [5.74, 6) is -0.433. The molecule has 0 unspecified atom stereocenters. The maximum absolute atomic E-state index is 11.8. The molecule has 0 radical (unpaired) electrons. The van der Waals surface area contributed by atoms with Crippen molar-refractivity contribution in [2.24, 2.45) is 17.3 Å². The summed E-state index contributed by atoms with van der Waals surface area (Å²) in [6, 6.07) is -0.0740. The van der Waals surface area contributed by atoms with Crippen LogP contribution in [0.5, 0.6) is 0 Å². The number of urea groups is 1. The Kier molecular flexibility index (Phi) is 5.48. The van der Waals surface area contributed by atoms with Crippen molar-refractivity contribution in [2.75, 3.05) is 13.1 Å². The predicted octanol–water partition coefficient (Wildman–Crippen LogP) is 2.76. The summed E-state index contributed by atoms with van der Waals surface area (Å²) in [4.78, 5) is 22.7. The summed E-state index contributed by atoms with van der Waals surface area (Å²) in [7, 11) is 0.